The average molecular weight is 371 g/mol. The van der Waals surface area contributed by atoms with Gasteiger partial charge in [0.05, 0.1) is 6.54 Å². The first-order valence-corrected chi connectivity index (χ1v) is 9.13. The molecule has 0 bridgehead atoms. The minimum atomic E-state index is -0.305. The molecule has 21 heavy (non-hydrogen) atoms. The van der Waals surface area contributed by atoms with Crippen molar-refractivity contribution in [2.75, 3.05) is 6.54 Å². The van der Waals surface area contributed by atoms with E-state index in [9.17, 15) is 9.59 Å². The third-order valence-corrected chi connectivity index (χ3v) is 6.32. The fraction of sp³-hybridized carbons (Fsp3) is 0.600. The van der Waals surface area contributed by atoms with Crippen molar-refractivity contribution in [3.63, 3.8) is 0 Å². The summed E-state index contributed by atoms with van der Waals surface area (Å²) in [4.78, 5) is 30.2. The Kier molecular flexibility index (Phi) is 4.36. The van der Waals surface area contributed by atoms with Crippen LogP contribution >= 0.6 is 27.3 Å². The Morgan fingerprint density at radius 3 is 2.81 bits per heavy atom. The van der Waals surface area contributed by atoms with Crippen LogP contribution in [0.25, 0.3) is 0 Å². The van der Waals surface area contributed by atoms with Gasteiger partial charge in [0.25, 0.3) is 0 Å². The summed E-state index contributed by atoms with van der Waals surface area (Å²) in [6, 6.07) is 1.46. The van der Waals surface area contributed by atoms with Crippen LogP contribution in [-0.4, -0.2) is 40.2 Å². The van der Waals surface area contributed by atoms with Crippen LogP contribution in [0.15, 0.2) is 15.9 Å². The van der Waals surface area contributed by atoms with Crippen LogP contribution < -0.4 is 0 Å². The smallest absolute Gasteiger partial charge is 0.246 e. The molecule has 2 amide bonds. The number of halogens is 1. The summed E-state index contributed by atoms with van der Waals surface area (Å²) >= 11 is 5.14. The Bertz CT molecular complexity index is 560. The molecular formula is C15H19BrN2O2S. The van der Waals surface area contributed by atoms with E-state index in [2.05, 4.69) is 15.9 Å². The number of piperazine rings is 1. The van der Waals surface area contributed by atoms with Crippen molar-refractivity contribution in [3.8, 4) is 0 Å². The number of amides is 2. The number of piperidine rings is 1. The van der Waals surface area contributed by atoms with Crippen LogP contribution in [-0.2, 0) is 16.1 Å². The maximum absolute atomic E-state index is 12.8. The molecule has 0 spiro atoms. The van der Waals surface area contributed by atoms with E-state index in [0.717, 1.165) is 35.2 Å². The molecule has 2 aliphatic heterocycles. The highest BCUT2D eigenvalue weighted by Crippen LogP contribution is 2.31. The van der Waals surface area contributed by atoms with E-state index >= 15 is 0 Å². The number of hydrogen-bond donors (Lipinski definition) is 0. The van der Waals surface area contributed by atoms with Gasteiger partial charge in [0.1, 0.15) is 12.1 Å². The highest BCUT2D eigenvalue weighted by atomic mass is 79.9. The second kappa shape index (κ2) is 6.08. The van der Waals surface area contributed by atoms with Gasteiger partial charge in [-0.25, -0.2) is 0 Å². The van der Waals surface area contributed by atoms with Crippen LogP contribution in [0.2, 0.25) is 0 Å². The molecule has 4 nitrogen and oxygen atoms in total. The summed E-state index contributed by atoms with van der Waals surface area (Å²) in [6.45, 7) is 3.25. The molecule has 6 heteroatoms. The minimum Gasteiger partial charge on any atom is -0.329 e. The molecule has 0 aromatic carbocycles. The third-order valence-electron chi connectivity index (χ3n) is 4.41. The van der Waals surface area contributed by atoms with Crippen molar-refractivity contribution in [1.29, 1.82) is 0 Å². The quantitative estimate of drug-likeness (QED) is 0.820. The Labute approximate surface area is 137 Å². The summed E-state index contributed by atoms with van der Waals surface area (Å²) in [5.74, 6) is 0.260. The summed E-state index contributed by atoms with van der Waals surface area (Å²) in [5, 5.41) is 2.00. The molecule has 2 atom stereocenters. The molecule has 0 saturated carbocycles. The predicted octanol–water partition coefficient (Wildman–Crippen LogP) is 3.01. The number of rotatable bonds is 3. The van der Waals surface area contributed by atoms with E-state index in [1.165, 1.54) is 0 Å². The molecule has 0 aliphatic carbocycles. The first-order chi connectivity index (χ1) is 10.1. The zero-order valence-corrected chi connectivity index (χ0v) is 14.5. The number of hydrogen-bond acceptors (Lipinski definition) is 3. The lowest BCUT2D eigenvalue weighted by Crippen LogP contribution is -2.65. The fourth-order valence-electron chi connectivity index (χ4n) is 3.30. The van der Waals surface area contributed by atoms with E-state index in [1.54, 1.807) is 16.2 Å². The summed E-state index contributed by atoms with van der Waals surface area (Å²) in [5.41, 5.74) is 0. The Balaban J connectivity index is 1.88. The van der Waals surface area contributed by atoms with E-state index in [-0.39, 0.29) is 23.9 Å². The molecule has 0 N–H and O–H groups in total. The van der Waals surface area contributed by atoms with Gasteiger partial charge in [-0.05, 0) is 53.1 Å². The summed E-state index contributed by atoms with van der Waals surface area (Å²) < 4.78 is 1.02. The molecule has 3 rings (SSSR count). The zero-order chi connectivity index (χ0) is 15.0. The minimum absolute atomic E-state index is 0.126. The topological polar surface area (TPSA) is 40.6 Å². The molecule has 2 aliphatic rings. The number of carbonyl (C=O) groups excluding carboxylic acids is 2. The summed E-state index contributed by atoms with van der Waals surface area (Å²) in [7, 11) is 0. The van der Waals surface area contributed by atoms with Crippen molar-refractivity contribution in [1.82, 2.24) is 9.80 Å². The van der Waals surface area contributed by atoms with Gasteiger partial charge >= 0.3 is 0 Å². The lowest BCUT2D eigenvalue weighted by Gasteiger charge is -2.46. The highest BCUT2D eigenvalue weighted by Gasteiger charge is 2.45. The lowest BCUT2D eigenvalue weighted by molar-refractivity contribution is -0.164. The Morgan fingerprint density at radius 2 is 2.14 bits per heavy atom. The van der Waals surface area contributed by atoms with Gasteiger partial charge in [0.15, 0.2) is 0 Å². The van der Waals surface area contributed by atoms with E-state index in [0.29, 0.717) is 13.0 Å². The van der Waals surface area contributed by atoms with Gasteiger partial charge in [-0.1, -0.05) is 6.92 Å². The van der Waals surface area contributed by atoms with Crippen molar-refractivity contribution in [3.05, 3.63) is 20.8 Å². The molecule has 2 fully saturated rings. The average Bonchev–Trinajstić information content (AvgIpc) is 2.90. The molecule has 114 valence electrons. The number of nitrogens with zero attached hydrogens (tertiary/aromatic N) is 2. The predicted molar refractivity (Wildman–Crippen MR) is 86.0 cm³/mol. The number of carbonyl (C=O) groups is 2. The Morgan fingerprint density at radius 1 is 1.33 bits per heavy atom. The fourth-order valence-corrected chi connectivity index (χ4v) is 4.77. The molecule has 1 aromatic rings. The monoisotopic (exact) mass is 370 g/mol. The van der Waals surface area contributed by atoms with Gasteiger partial charge < -0.3 is 9.80 Å². The van der Waals surface area contributed by atoms with Crippen molar-refractivity contribution in [2.24, 2.45) is 0 Å². The van der Waals surface area contributed by atoms with Crippen LogP contribution in [0.5, 0.6) is 0 Å². The van der Waals surface area contributed by atoms with Gasteiger partial charge in [0.2, 0.25) is 11.8 Å². The lowest BCUT2D eigenvalue weighted by atomic mass is 9.94. The van der Waals surface area contributed by atoms with Gasteiger partial charge in [-0.3, -0.25) is 9.59 Å². The van der Waals surface area contributed by atoms with E-state index in [1.807, 2.05) is 23.3 Å². The maximum Gasteiger partial charge on any atom is 0.246 e. The van der Waals surface area contributed by atoms with E-state index in [4.69, 9.17) is 0 Å². The van der Waals surface area contributed by atoms with Crippen LogP contribution in [0, 0.1) is 0 Å². The second-order valence-electron chi connectivity index (χ2n) is 5.63. The Hall–Kier alpha value is -0.880. The SMILES string of the molecule is CCC1C(=O)N2CCCCC2C(=O)N1Cc1sccc1Br. The van der Waals surface area contributed by atoms with Gasteiger partial charge in [0, 0.05) is 15.9 Å². The van der Waals surface area contributed by atoms with Gasteiger partial charge in [-0.2, -0.15) is 0 Å². The maximum atomic E-state index is 12.8. The van der Waals surface area contributed by atoms with Crippen LogP contribution in [0.4, 0.5) is 0 Å². The summed E-state index contributed by atoms with van der Waals surface area (Å²) in [6.07, 6.45) is 3.54. The molecule has 3 heterocycles. The van der Waals surface area contributed by atoms with Gasteiger partial charge in [-0.15, -0.1) is 11.3 Å². The van der Waals surface area contributed by atoms with Crippen LogP contribution in [0.1, 0.15) is 37.5 Å². The number of fused-ring (bicyclic) bond motifs is 1. The molecule has 0 radical (unpaired) electrons. The van der Waals surface area contributed by atoms with Crippen molar-refractivity contribution in [2.45, 2.75) is 51.2 Å². The van der Waals surface area contributed by atoms with Crippen molar-refractivity contribution < 1.29 is 9.59 Å². The third kappa shape index (κ3) is 2.63. The first-order valence-electron chi connectivity index (χ1n) is 7.46. The second-order valence-corrected chi connectivity index (χ2v) is 7.48. The van der Waals surface area contributed by atoms with E-state index < -0.39 is 0 Å². The zero-order valence-electron chi connectivity index (χ0n) is 12.0. The van der Waals surface area contributed by atoms with Crippen molar-refractivity contribution >= 4 is 39.1 Å². The normalized spacial score (nSPS) is 26.2. The molecular weight excluding hydrogens is 352 g/mol. The number of thiophene rings is 1. The molecule has 2 unspecified atom stereocenters. The first kappa shape index (κ1) is 15.0. The standard InChI is InChI=1S/C15H19BrN2O2S/c1-2-11-14(19)17-7-4-3-5-12(17)15(20)18(11)9-13-10(16)6-8-21-13/h6,8,11-12H,2-5,7,9H2,1H3. The molecule has 2 saturated heterocycles. The highest BCUT2D eigenvalue weighted by molar-refractivity contribution is 9.10. The largest absolute Gasteiger partial charge is 0.329 e. The molecule has 1 aromatic heterocycles. The van der Waals surface area contributed by atoms with Crippen LogP contribution in [0.3, 0.4) is 0 Å².